The van der Waals surface area contributed by atoms with Gasteiger partial charge < -0.3 is 9.47 Å². The van der Waals surface area contributed by atoms with Crippen molar-refractivity contribution in [2.75, 3.05) is 18.0 Å². The molecule has 1 saturated heterocycles. The minimum Gasteiger partial charge on any atom is -0.321 e. The van der Waals surface area contributed by atoms with Gasteiger partial charge >= 0.3 is 6.18 Å². The molecule has 12 heteroatoms. The van der Waals surface area contributed by atoms with Gasteiger partial charge in [-0.25, -0.2) is 8.78 Å². The first-order valence-electron chi connectivity index (χ1n) is 14.7. The van der Waals surface area contributed by atoms with Crippen molar-refractivity contribution in [2.24, 2.45) is 18.9 Å². The van der Waals surface area contributed by atoms with Crippen LogP contribution < -0.4 is 4.90 Å². The Morgan fingerprint density at radius 3 is 2.59 bits per heavy atom. The predicted octanol–water partition coefficient (Wildman–Crippen LogP) is 6.28. The van der Waals surface area contributed by atoms with E-state index in [1.807, 2.05) is 23.7 Å². The van der Waals surface area contributed by atoms with Crippen molar-refractivity contribution in [2.45, 2.75) is 69.6 Å². The molecule has 0 N–H and O–H groups in total. The van der Waals surface area contributed by atoms with E-state index in [4.69, 9.17) is 0 Å². The van der Waals surface area contributed by atoms with E-state index in [-0.39, 0.29) is 60.6 Å². The van der Waals surface area contributed by atoms with E-state index in [1.54, 1.807) is 23.4 Å². The van der Waals surface area contributed by atoms with Gasteiger partial charge in [0.1, 0.15) is 12.2 Å². The third-order valence-electron chi connectivity index (χ3n) is 9.64. The highest BCUT2D eigenvalue weighted by Gasteiger charge is 2.47. The maximum Gasteiger partial charge on any atom is 0.416 e. The molecule has 3 aromatic rings. The smallest absolute Gasteiger partial charge is 0.321 e. The van der Waals surface area contributed by atoms with Crippen LogP contribution in [0.25, 0.3) is 0 Å². The lowest BCUT2D eigenvalue weighted by molar-refractivity contribution is -0.138. The zero-order valence-electron chi connectivity index (χ0n) is 24.5. The Bertz CT molecular complexity index is 1620. The minimum atomic E-state index is -4.69. The lowest BCUT2D eigenvalue weighted by Gasteiger charge is -2.48. The van der Waals surface area contributed by atoms with E-state index in [2.05, 4.69) is 16.3 Å². The minimum absolute atomic E-state index is 0.0119. The first kappa shape index (κ1) is 30.2. The summed E-state index contributed by atoms with van der Waals surface area (Å²) in [7, 11) is 1.86. The number of fused-ring (bicyclic) bond motifs is 1. The average Bonchev–Trinajstić information content (AvgIpc) is 3.50. The van der Waals surface area contributed by atoms with Crippen LogP contribution in [-0.2, 0) is 38.1 Å². The molecule has 0 spiro atoms. The number of carbonyl (C=O) groups is 1. The van der Waals surface area contributed by atoms with Gasteiger partial charge in [-0.2, -0.15) is 18.4 Å². The molecule has 0 bridgehead atoms. The van der Waals surface area contributed by atoms with Crippen LogP contribution in [0.5, 0.6) is 0 Å². The number of nitriles is 1. The molecule has 0 unspecified atom stereocenters. The molecule has 232 valence electrons. The van der Waals surface area contributed by atoms with Gasteiger partial charge in [-0.1, -0.05) is 19.1 Å². The summed E-state index contributed by atoms with van der Waals surface area (Å²) in [5, 5.41) is 17.5. The number of aryl methyl sites for hydroxylation is 1. The molecule has 2 aliphatic heterocycles. The molecule has 7 nitrogen and oxygen atoms in total. The summed E-state index contributed by atoms with van der Waals surface area (Å²) >= 11 is 0. The predicted molar refractivity (Wildman–Crippen MR) is 152 cm³/mol. The van der Waals surface area contributed by atoms with Crippen molar-refractivity contribution >= 4 is 11.6 Å². The van der Waals surface area contributed by atoms with Gasteiger partial charge in [-0.05, 0) is 59.7 Å². The molecule has 1 amide bonds. The van der Waals surface area contributed by atoms with Crippen LogP contribution in [0.3, 0.4) is 0 Å². The Balaban J connectivity index is 1.30. The third-order valence-corrected chi connectivity index (χ3v) is 9.64. The van der Waals surface area contributed by atoms with Crippen molar-refractivity contribution < 1.29 is 26.7 Å². The standard InChI is InChI=1S/C32H33F5N6O/c1-20-16-42(9-7-31(20,33)34)17-22-10-25-26(27(11-22)32(35,36)37)18-43(29(25)44)24-5-3-4-23(12-24)30(13-21(14-30)6-8-38)15-28-40-39-19-41(28)2/h3-5,10-12,19-21H,6-7,9,13-18H2,1-2H3/t20-,21-,30-/m1/s1. The highest BCUT2D eigenvalue weighted by atomic mass is 19.4. The molecule has 2 fully saturated rings. The monoisotopic (exact) mass is 612 g/mol. The van der Waals surface area contributed by atoms with E-state index in [9.17, 15) is 32.0 Å². The van der Waals surface area contributed by atoms with Gasteiger partial charge in [0.05, 0.1) is 18.2 Å². The number of carbonyl (C=O) groups excluding carboxylic acids is 1. The molecule has 3 heterocycles. The highest BCUT2D eigenvalue weighted by Crippen LogP contribution is 2.52. The highest BCUT2D eigenvalue weighted by molar-refractivity contribution is 6.10. The van der Waals surface area contributed by atoms with E-state index in [1.165, 1.54) is 17.9 Å². The zero-order valence-corrected chi connectivity index (χ0v) is 24.5. The lowest BCUT2D eigenvalue weighted by Crippen LogP contribution is -2.45. The summed E-state index contributed by atoms with van der Waals surface area (Å²) in [5.74, 6) is -3.25. The third kappa shape index (κ3) is 5.47. The van der Waals surface area contributed by atoms with Gasteiger partial charge in [0.15, 0.2) is 0 Å². The van der Waals surface area contributed by atoms with Crippen molar-refractivity contribution in [3.8, 4) is 6.07 Å². The van der Waals surface area contributed by atoms with Gasteiger partial charge in [0, 0.05) is 68.5 Å². The van der Waals surface area contributed by atoms with Crippen molar-refractivity contribution in [3.63, 3.8) is 0 Å². The molecule has 3 aliphatic rings. The number of likely N-dealkylation sites (tertiary alicyclic amines) is 1. The summed E-state index contributed by atoms with van der Waals surface area (Å²) in [5.41, 5.74) is 0.391. The summed E-state index contributed by atoms with van der Waals surface area (Å²) < 4.78 is 72.9. The molecule has 6 rings (SSSR count). The number of hydrogen-bond donors (Lipinski definition) is 0. The fraction of sp³-hybridized carbons (Fsp3) is 0.500. The maximum atomic E-state index is 14.3. The normalized spacial score (nSPS) is 25.0. The molecule has 1 atom stereocenters. The largest absolute Gasteiger partial charge is 0.416 e. The van der Waals surface area contributed by atoms with Gasteiger partial charge in [0.25, 0.3) is 11.8 Å². The Hall–Kier alpha value is -3.85. The topological polar surface area (TPSA) is 78.1 Å². The molecule has 2 aromatic carbocycles. The van der Waals surface area contributed by atoms with Crippen molar-refractivity contribution in [1.29, 1.82) is 5.26 Å². The summed E-state index contributed by atoms with van der Waals surface area (Å²) in [6, 6.07) is 12.1. The number of anilines is 1. The number of benzene rings is 2. The van der Waals surface area contributed by atoms with Crippen LogP contribution in [0.2, 0.25) is 0 Å². The number of rotatable bonds is 7. The first-order valence-corrected chi connectivity index (χ1v) is 14.7. The molecule has 0 radical (unpaired) electrons. The molecular formula is C32H33F5N6O. The van der Waals surface area contributed by atoms with Crippen LogP contribution in [-0.4, -0.2) is 44.6 Å². The van der Waals surface area contributed by atoms with Crippen LogP contribution in [0, 0.1) is 23.2 Å². The van der Waals surface area contributed by atoms with Crippen molar-refractivity contribution in [1.82, 2.24) is 19.7 Å². The summed E-state index contributed by atoms with van der Waals surface area (Å²) in [6.45, 7) is 1.38. The second-order valence-electron chi connectivity index (χ2n) is 12.7. The maximum absolute atomic E-state index is 14.3. The molecule has 1 aromatic heterocycles. The SMILES string of the molecule is C[C@@H]1CN(Cc2cc3c(c(C(F)(F)F)c2)CN(c2cccc([C@]4(Cc5nncn5C)C[C@@H](CC#N)C4)c2)C3=O)CCC1(F)F. The quantitative estimate of drug-likeness (QED) is 0.294. The van der Waals surface area contributed by atoms with Crippen LogP contribution in [0.15, 0.2) is 42.7 Å². The first-order chi connectivity index (χ1) is 20.8. The number of nitrogens with zero attached hydrogens (tertiary/aromatic N) is 6. The number of aromatic nitrogens is 3. The molecule has 44 heavy (non-hydrogen) atoms. The van der Waals surface area contributed by atoms with E-state index < -0.39 is 29.5 Å². The van der Waals surface area contributed by atoms with E-state index >= 15 is 0 Å². The Kier molecular flexibility index (Phi) is 7.51. The average molecular weight is 613 g/mol. The van der Waals surface area contributed by atoms with Gasteiger partial charge in [-0.3, -0.25) is 9.69 Å². The number of halogens is 5. The second kappa shape index (κ2) is 10.9. The van der Waals surface area contributed by atoms with Crippen LogP contribution >= 0.6 is 0 Å². The lowest BCUT2D eigenvalue weighted by atomic mass is 9.56. The fourth-order valence-corrected chi connectivity index (χ4v) is 7.16. The van der Waals surface area contributed by atoms with E-state index in [0.717, 1.165) is 30.3 Å². The molecule has 1 aliphatic carbocycles. The van der Waals surface area contributed by atoms with Crippen molar-refractivity contribution in [3.05, 3.63) is 76.4 Å². The van der Waals surface area contributed by atoms with Gasteiger partial charge in [0.2, 0.25) is 0 Å². The summed E-state index contributed by atoms with van der Waals surface area (Å²) in [4.78, 5) is 16.8. The Morgan fingerprint density at radius 1 is 1.16 bits per heavy atom. The number of hydrogen-bond acceptors (Lipinski definition) is 5. The van der Waals surface area contributed by atoms with Gasteiger partial charge in [-0.15, -0.1) is 10.2 Å². The Labute approximate surface area is 252 Å². The zero-order chi connectivity index (χ0) is 31.4. The van der Waals surface area contributed by atoms with Crippen LogP contribution in [0.1, 0.15) is 71.0 Å². The molecular weight excluding hydrogens is 579 g/mol. The second-order valence-corrected chi connectivity index (χ2v) is 12.7. The fourth-order valence-electron chi connectivity index (χ4n) is 7.16. The van der Waals surface area contributed by atoms with E-state index in [0.29, 0.717) is 18.5 Å². The number of piperidine rings is 1. The summed E-state index contributed by atoms with van der Waals surface area (Å²) in [6.07, 6.45) is -0.931. The van der Waals surface area contributed by atoms with Crippen LogP contribution in [0.4, 0.5) is 27.6 Å². The number of alkyl halides is 5. The molecule has 1 saturated carbocycles. The Morgan fingerprint density at radius 2 is 1.93 bits per heavy atom. The number of amides is 1.